The number of methoxy groups -OCH3 is 1. The van der Waals surface area contributed by atoms with Crippen LogP contribution in [0.5, 0.6) is 0 Å². The third kappa shape index (κ3) is 3.04. The van der Waals surface area contributed by atoms with E-state index in [4.69, 9.17) is 4.74 Å². The second-order valence-electron chi connectivity index (χ2n) is 4.46. The highest BCUT2D eigenvalue weighted by Gasteiger charge is 2.21. The van der Waals surface area contributed by atoms with Crippen molar-refractivity contribution in [2.45, 2.75) is 19.8 Å². The van der Waals surface area contributed by atoms with Gasteiger partial charge in [-0.3, -0.25) is 4.79 Å². The summed E-state index contributed by atoms with van der Waals surface area (Å²) in [6.07, 6.45) is 2.28. The van der Waals surface area contributed by atoms with Crippen molar-refractivity contribution in [3.8, 4) is 0 Å². The average molecular weight is 254 g/mol. The number of carbonyl (C=O) groups excluding carboxylic acids is 1. The largest absolute Gasteiger partial charge is 0.384 e. The van der Waals surface area contributed by atoms with E-state index in [0.717, 1.165) is 37.7 Å². The zero-order valence-corrected chi connectivity index (χ0v) is 11.1. The van der Waals surface area contributed by atoms with Crippen LogP contribution in [-0.4, -0.2) is 37.6 Å². The number of nitrogens with zero attached hydrogens (tertiary/aromatic N) is 2. The van der Waals surface area contributed by atoms with E-state index in [1.165, 1.54) is 0 Å². The van der Waals surface area contributed by atoms with Gasteiger partial charge in [-0.1, -0.05) is 0 Å². The molecule has 1 fully saturated rings. The molecule has 0 N–H and O–H groups in total. The predicted octanol–water partition coefficient (Wildman–Crippen LogP) is 2.21. The monoisotopic (exact) mass is 254 g/mol. The van der Waals surface area contributed by atoms with Crippen LogP contribution in [-0.2, 0) is 4.74 Å². The second-order valence-corrected chi connectivity index (χ2v) is 5.29. The summed E-state index contributed by atoms with van der Waals surface area (Å²) in [5, 5.41) is 2.82. The Labute approximate surface area is 106 Å². The van der Waals surface area contributed by atoms with Crippen LogP contribution in [0.2, 0.25) is 0 Å². The van der Waals surface area contributed by atoms with E-state index in [2.05, 4.69) is 9.88 Å². The number of hydrogen-bond acceptors (Lipinski definition) is 5. The molecule has 0 amide bonds. The molecule has 0 atom stereocenters. The van der Waals surface area contributed by atoms with Crippen LogP contribution in [0.15, 0.2) is 5.38 Å². The molecule has 17 heavy (non-hydrogen) atoms. The van der Waals surface area contributed by atoms with E-state index in [0.29, 0.717) is 11.6 Å². The molecule has 2 heterocycles. The van der Waals surface area contributed by atoms with Crippen LogP contribution in [0.3, 0.4) is 0 Å². The highest BCUT2D eigenvalue weighted by molar-refractivity contribution is 7.13. The van der Waals surface area contributed by atoms with Gasteiger partial charge in [0.15, 0.2) is 10.9 Å². The highest BCUT2D eigenvalue weighted by atomic mass is 32.1. The van der Waals surface area contributed by atoms with Gasteiger partial charge in [-0.2, -0.15) is 0 Å². The molecule has 1 aromatic heterocycles. The van der Waals surface area contributed by atoms with Gasteiger partial charge in [0.1, 0.15) is 5.69 Å². The van der Waals surface area contributed by atoms with Crippen LogP contribution >= 0.6 is 11.3 Å². The molecule has 0 aliphatic carbocycles. The zero-order valence-electron chi connectivity index (χ0n) is 10.3. The molecular weight excluding hydrogens is 236 g/mol. The van der Waals surface area contributed by atoms with Crippen LogP contribution in [0.4, 0.5) is 5.13 Å². The molecule has 1 aliphatic rings. The predicted molar refractivity (Wildman–Crippen MR) is 68.9 cm³/mol. The number of rotatable bonds is 4. The lowest BCUT2D eigenvalue weighted by Gasteiger charge is -2.31. The van der Waals surface area contributed by atoms with Gasteiger partial charge in [-0.25, -0.2) is 4.98 Å². The summed E-state index contributed by atoms with van der Waals surface area (Å²) in [7, 11) is 1.76. The number of hydrogen-bond donors (Lipinski definition) is 0. The first-order valence-corrected chi connectivity index (χ1v) is 6.79. The number of ketones is 1. The topological polar surface area (TPSA) is 42.4 Å². The van der Waals surface area contributed by atoms with Gasteiger partial charge in [0.2, 0.25) is 0 Å². The first-order chi connectivity index (χ1) is 8.20. The maximum absolute atomic E-state index is 11.2. The molecule has 0 bridgehead atoms. The number of carbonyl (C=O) groups is 1. The van der Waals surface area contributed by atoms with Crippen molar-refractivity contribution in [1.29, 1.82) is 0 Å². The standard InChI is InChI=1S/C12H18N2O2S/c1-9(15)11-8-17-12(13-11)14-5-3-10(4-6-14)7-16-2/h8,10H,3-7H2,1-2H3. The zero-order chi connectivity index (χ0) is 12.3. The van der Waals surface area contributed by atoms with E-state index in [1.807, 2.05) is 5.38 Å². The maximum Gasteiger partial charge on any atom is 0.185 e. The number of thiazole rings is 1. The minimum atomic E-state index is 0.0433. The lowest BCUT2D eigenvalue weighted by molar-refractivity contribution is 0.101. The van der Waals surface area contributed by atoms with Crippen molar-refractivity contribution in [3.63, 3.8) is 0 Å². The summed E-state index contributed by atoms with van der Waals surface area (Å²) in [4.78, 5) is 17.8. The molecule has 94 valence electrons. The molecule has 4 nitrogen and oxygen atoms in total. The smallest absolute Gasteiger partial charge is 0.185 e. The average Bonchev–Trinajstić information content (AvgIpc) is 2.80. The first kappa shape index (κ1) is 12.5. The van der Waals surface area contributed by atoms with E-state index in [1.54, 1.807) is 25.4 Å². The van der Waals surface area contributed by atoms with Crippen LogP contribution in [0, 0.1) is 5.92 Å². The third-order valence-electron chi connectivity index (χ3n) is 3.14. The van der Waals surface area contributed by atoms with Gasteiger partial charge in [0.25, 0.3) is 0 Å². The summed E-state index contributed by atoms with van der Waals surface area (Å²) < 4.78 is 5.18. The van der Waals surface area contributed by atoms with E-state index < -0.39 is 0 Å². The van der Waals surface area contributed by atoms with E-state index in [-0.39, 0.29) is 5.78 Å². The molecule has 0 saturated carbocycles. The Kier molecular flexibility index (Phi) is 4.12. The molecule has 1 aromatic rings. The van der Waals surface area contributed by atoms with Gasteiger partial charge in [0.05, 0.1) is 0 Å². The summed E-state index contributed by atoms with van der Waals surface area (Å²) in [5.41, 5.74) is 0.587. The van der Waals surface area contributed by atoms with E-state index in [9.17, 15) is 4.79 Å². The molecule has 0 spiro atoms. The Balaban J connectivity index is 1.93. The Morgan fingerprint density at radius 2 is 2.29 bits per heavy atom. The number of anilines is 1. The van der Waals surface area contributed by atoms with Gasteiger partial charge in [-0.05, 0) is 18.8 Å². The van der Waals surface area contributed by atoms with Crippen molar-refractivity contribution in [2.75, 3.05) is 31.7 Å². The summed E-state index contributed by atoms with van der Waals surface area (Å²) in [6, 6.07) is 0. The number of aromatic nitrogens is 1. The molecule has 0 aromatic carbocycles. The summed E-state index contributed by atoms with van der Waals surface area (Å²) >= 11 is 1.56. The molecule has 2 rings (SSSR count). The summed E-state index contributed by atoms with van der Waals surface area (Å²) in [5.74, 6) is 0.713. The van der Waals surface area contributed by atoms with Crippen molar-refractivity contribution in [1.82, 2.24) is 4.98 Å². The van der Waals surface area contributed by atoms with Crippen molar-refractivity contribution < 1.29 is 9.53 Å². The van der Waals surface area contributed by atoms with Gasteiger partial charge in [0, 0.05) is 39.1 Å². The van der Waals surface area contributed by atoms with Gasteiger partial charge < -0.3 is 9.64 Å². The fraction of sp³-hybridized carbons (Fsp3) is 0.667. The Bertz CT molecular complexity index is 384. The fourth-order valence-corrected chi connectivity index (χ4v) is 3.02. The van der Waals surface area contributed by atoms with E-state index >= 15 is 0 Å². The van der Waals surface area contributed by atoms with Crippen molar-refractivity contribution in [2.24, 2.45) is 5.92 Å². The molecule has 1 saturated heterocycles. The Morgan fingerprint density at radius 3 is 2.82 bits per heavy atom. The third-order valence-corrected chi connectivity index (χ3v) is 4.04. The lowest BCUT2D eigenvalue weighted by Crippen LogP contribution is -2.34. The number of piperidine rings is 1. The normalized spacial score (nSPS) is 17.4. The molecule has 5 heteroatoms. The molecule has 0 unspecified atom stereocenters. The quantitative estimate of drug-likeness (QED) is 0.773. The minimum Gasteiger partial charge on any atom is -0.384 e. The molecular formula is C12H18N2O2S. The SMILES string of the molecule is COCC1CCN(c2nc(C(C)=O)cs2)CC1. The van der Waals surface area contributed by atoms with Crippen molar-refractivity contribution >= 4 is 22.3 Å². The Morgan fingerprint density at radius 1 is 1.59 bits per heavy atom. The maximum atomic E-state index is 11.2. The minimum absolute atomic E-state index is 0.0433. The summed E-state index contributed by atoms with van der Waals surface area (Å²) in [6.45, 7) is 4.44. The fourth-order valence-electron chi connectivity index (χ4n) is 2.10. The lowest BCUT2D eigenvalue weighted by atomic mass is 9.98. The first-order valence-electron chi connectivity index (χ1n) is 5.91. The van der Waals surface area contributed by atoms with Crippen LogP contribution < -0.4 is 4.90 Å². The highest BCUT2D eigenvalue weighted by Crippen LogP contribution is 2.26. The van der Waals surface area contributed by atoms with Crippen molar-refractivity contribution in [3.05, 3.63) is 11.1 Å². The van der Waals surface area contributed by atoms with Gasteiger partial charge in [-0.15, -0.1) is 11.3 Å². The van der Waals surface area contributed by atoms with Gasteiger partial charge >= 0.3 is 0 Å². The molecule has 1 aliphatic heterocycles. The van der Waals surface area contributed by atoms with Crippen LogP contribution in [0.25, 0.3) is 0 Å². The number of ether oxygens (including phenoxy) is 1. The second kappa shape index (κ2) is 5.60. The molecule has 0 radical (unpaired) electrons. The Hall–Kier alpha value is -0.940. The number of Topliss-reactive ketones (excluding diaryl/α,β-unsaturated/α-hetero) is 1. The van der Waals surface area contributed by atoms with Crippen LogP contribution in [0.1, 0.15) is 30.3 Å².